The van der Waals surface area contributed by atoms with Gasteiger partial charge in [0.15, 0.2) is 11.5 Å². The van der Waals surface area contributed by atoms with E-state index in [1.54, 1.807) is 6.07 Å². The van der Waals surface area contributed by atoms with Gasteiger partial charge in [-0.2, -0.15) is 0 Å². The van der Waals surface area contributed by atoms with Crippen molar-refractivity contribution >= 4 is 7.60 Å². The van der Waals surface area contributed by atoms with Crippen molar-refractivity contribution in [3.05, 3.63) is 23.8 Å². The van der Waals surface area contributed by atoms with Gasteiger partial charge in [0.2, 0.25) is 0 Å². The van der Waals surface area contributed by atoms with Crippen LogP contribution in [0.2, 0.25) is 0 Å². The highest BCUT2D eigenvalue weighted by Crippen LogP contribution is 2.42. The molecular formula is C26H49NO5P+. The first kappa shape index (κ1) is 30.0. The summed E-state index contributed by atoms with van der Waals surface area (Å²) in [5, 5.41) is 18.9. The van der Waals surface area contributed by atoms with Crippen molar-refractivity contribution < 1.29 is 28.7 Å². The van der Waals surface area contributed by atoms with Gasteiger partial charge in [0, 0.05) is 0 Å². The maximum absolute atomic E-state index is 12.3. The standard InChI is InChI=1S/C26H48NO5P/c1-4-5-6-7-8-9-10-11-12-14-19-27(2,3)20-21-32-33(30,31)22-15-13-16-24-17-18-25(28)26(29)23-24/h17-18,23H,4-16,19-22H2,1-3H3,(H2-,28,29,30,31)/p+1. The maximum atomic E-state index is 12.3. The van der Waals surface area contributed by atoms with E-state index in [9.17, 15) is 19.7 Å². The van der Waals surface area contributed by atoms with Gasteiger partial charge in [0.1, 0.15) is 13.2 Å². The first-order valence-electron chi connectivity index (χ1n) is 12.9. The lowest BCUT2D eigenvalue weighted by atomic mass is 10.1. The molecule has 0 aromatic heterocycles. The van der Waals surface area contributed by atoms with Crippen molar-refractivity contribution in [1.82, 2.24) is 0 Å². The first-order valence-corrected chi connectivity index (χ1v) is 14.7. The average Bonchev–Trinajstić information content (AvgIpc) is 2.74. The van der Waals surface area contributed by atoms with E-state index in [0.717, 1.165) is 29.6 Å². The molecule has 3 N–H and O–H groups in total. The fourth-order valence-electron chi connectivity index (χ4n) is 4.00. The highest BCUT2D eigenvalue weighted by atomic mass is 31.2. The van der Waals surface area contributed by atoms with E-state index < -0.39 is 7.60 Å². The molecule has 7 heteroatoms. The lowest BCUT2D eigenvalue weighted by Crippen LogP contribution is -2.42. The quantitative estimate of drug-likeness (QED) is 0.0834. The molecule has 1 atom stereocenters. The summed E-state index contributed by atoms with van der Waals surface area (Å²) in [5.74, 6) is -0.274. The lowest BCUT2D eigenvalue weighted by Gasteiger charge is -2.30. The molecule has 0 bridgehead atoms. The molecule has 33 heavy (non-hydrogen) atoms. The molecule has 1 aromatic carbocycles. The highest BCUT2D eigenvalue weighted by Gasteiger charge is 2.21. The largest absolute Gasteiger partial charge is 0.504 e. The Balaban J connectivity index is 2.08. The van der Waals surface area contributed by atoms with Gasteiger partial charge in [0.05, 0.1) is 26.8 Å². The predicted octanol–water partition coefficient (Wildman–Crippen LogP) is 6.62. The Morgan fingerprint density at radius 3 is 2.03 bits per heavy atom. The molecule has 0 amide bonds. The van der Waals surface area contributed by atoms with Gasteiger partial charge in [0.25, 0.3) is 0 Å². The number of rotatable bonds is 20. The summed E-state index contributed by atoms with van der Waals surface area (Å²) >= 11 is 0. The Kier molecular flexibility index (Phi) is 15.0. The second-order valence-electron chi connectivity index (χ2n) is 10.0. The molecule has 0 aliphatic heterocycles. The normalized spacial score (nSPS) is 13.8. The minimum Gasteiger partial charge on any atom is -0.504 e. The van der Waals surface area contributed by atoms with Crippen molar-refractivity contribution in [3.63, 3.8) is 0 Å². The topological polar surface area (TPSA) is 87.0 Å². The molecule has 192 valence electrons. The molecule has 0 heterocycles. The second-order valence-corrected chi connectivity index (χ2v) is 12.0. The van der Waals surface area contributed by atoms with Crippen LogP contribution in [-0.4, -0.2) is 59.5 Å². The Morgan fingerprint density at radius 2 is 1.42 bits per heavy atom. The van der Waals surface area contributed by atoms with Crippen molar-refractivity contribution in [3.8, 4) is 11.5 Å². The number of benzene rings is 1. The van der Waals surface area contributed by atoms with Gasteiger partial charge in [-0.05, 0) is 49.8 Å². The number of unbranched alkanes of at least 4 members (excludes halogenated alkanes) is 10. The van der Waals surface area contributed by atoms with Crippen LogP contribution in [0.4, 0.5) is 0 Å². The van der Waals surface area contributed by atoms with Crippen LogP contribution in [0.3, 0.4) is 0 Å². The third kappa shape index (κ3) is 15.5. The van der Waals surface area contributed by atoms with Crippen LogP contribution in [-0.2, 0) is 15.5 Å². The average molecular weight is 487 g/mol. The van der Waals surface area contributed by atoms with Crippen LogP contribution in [0.25, 0.3) is 0 Å². The van der Waals surface area contributed by atoms with E-state index >= 15 is 0 Å². The summed E-state index contributed by atoms with van der Waals surface area (Å²) in [6.45, 7) is 4.35. The smallest absolute Gasteiger partial charge is 0.328 e. The van der Waals surface area contributed by atoms with E-state index in [0.29, 0.717) is 19.4 Å². The summed E-state index contributed by atoms with van der Waals surface area (Å²) in [6, 6.07) is 4.73. The van der Waals surface area contributed by atoms with Crippen LogP contribution < -0.4 is 0 Å². The van der Waals surface area contributed by atoms with Gasteiger partial charge in [-0.15, -0.1) is 0 Å². The van der Waals surface area contributed by atoms with Crippen molar-refractivity contribution in [2.45, 2.75) is 90.4 Å². The van der Waals surface area contributed by atoms with Gasteiger partial charge < -0.3 is 24.1 Å². The summed E-state index contributed by atoms with van der Waals surface area (Å²) < 4.78 is 18.5. The van der Waals surface area contributed by atoms with Gasteiger partial charge in [-0.25, -0.2) is 0 Å². The molecule has 0 saturated heterocycles. The zero-order chi connectivity index (χ0) is 24.6. The molecule has 1 unspecified atom stereocenters. The van der Waals surface area contributed by atoms with E-state index in [4.69, 9.17) is 4.52 Å². The van der Waals surface area contributed by atoms with E-state index in [-0.39, 0.29) is 17.7 Å². The molecule has 0 saturated carbocycles. The molecule has 6 nitrogen and oxygen atoms in total. The summed E-state index contributed by atoms with van der Waals surface area (Å²) in [7, 11) is 0.747. The van der Waals surface area contributed by atoms with Crippen LogP contribution in [0.5, 0.6) is 11.5 Å². The third-order valence-corrected chi connectivity index (χ3v) is 7.77. The number of likely N-dealkylation sites (N-methyl/N-ethyl adjacent to an activating group) is 1. The van der Waals surface area contributed by atoms with Crippen molar-refractivity contribution in [2.24, 2.45) is 0 Å². The van der Waals surface area contributed by atoms with E-state index in [1.165, 1.54) is 76.3 Å². The number of aromatic hydroxyl groups is 2. The molecule has 0 fully saturated rings. The Hall–Kier alpha value is -1.07. The number of aryl methyl sites for hydroxylation is 1. The fraction of sp³-hybridized carbons (Fsp3) is 0.769. The summed E-state index contributed by atoms with van der Waals surface area (Å²) in [5.41, 5.74) is 0.894. The highest BCUT2D eigenvalue weighted by molar-refractivity contribution is 7.52. The van der Waals surface area contributed by atoms with Gasteiger partial charge in [-0.3, -0.25) is 4.57 Å². The lowest BCUT2D eigenvalue weighted by molar-refractivity contribution is -0.890. The molecule has 0 aliphatic carbocycles. The minimum absolute atomic E-state index is 0.137. The van der Waals surface area contributed by atoms with Crippen molar-refractivity contribution in [2.75, 3.05) is 40.0 Å². The van der Waals surface area contributed by atoms with E-state index in [2.05, 4.69) is 21.0 Å². The van der Waals surface area contributed by atoms with Crippen LogP contribution in [0.1, 0.15) is 89.5 Å². The monoisotopic (exact) mass is 486 g/mol. The maximum Gasteiger partial charge on any atom is 0.328 e. The number of phenols is 2. The Labute approximate surface area is 202 Å². The summed E-state index contributed by atoms with van der Waals surface area (Å²) in [4.78, 5) is 10.1. The second kappa shape index (κ2) is 16.5. The van der Waals surface area contributed by atoms with Crippen LogP contribution >= 0.6 is 7.60 Å². The predicted molar refractivity (Wildman–Crippen MR) is 137 cm³/mol. The molecule has 0 radical (unpaired) electrons. The number of phenolic OH excluding ortho intramolecular Hbond substituents is 2. The van der Waals surface area contributed by atoms with Crippen LogP contribution in [0, 0.1) is 0 Å². The van der Waals surface area contributed by atoms with Gasteiger partial charge in [-0.1, -0.05) is 64.4 Å². The summed E-state index contributed by atoms with van der Waals surface area (Å²) in [6.07, 6.45) is 15.4. The zero-order valence-electron chi connectivity index (χ0n) is 21.3. The minimum atomic E-state index is -3.57. The van der Waals surface area contributed by atoms with Gasteiger partial charge >= 0.3 is 7.60 Å². The number of hydrogen-bond donors (Lipinski definition) is 3. The zero-order valence-corrected chi connectivity index (χ0v) is 22.2. The number of quaternary nitrogens is 1. The molecule has 1 rings (SSSR count). The van der Waals surface area contributed by atoms with Crippen molar-refractivity contribution in [1.29, 1.82) is 0 Å². The SMILES string of the molecule is CCCCCCCCCCCC[N+](C)(C)CCOP(=O)(O)CCCCc1ccc(O)c(O)c1. The molecule has 0 spiro atoms. The van der Waals surface area contributed by atoms with Crippen LogP contribution in [0.15, 0.2) is 18.2 Å². The first-order chi connectivity index (χ1) is 15.7. The number of nitrogens with zero attached hydrogens (tertiary/aromatic N) is 1. The molecule has 1 aromatic rings. The Bertz CT molecular complexity index is 695. The fourth-order valence-corrected chi connectivity index (χ4v) is 5.12. The van der Waals surface area contributed by atoms with E-state index in [1.807, 2.05) is 0 Å². The number of hydrogen-bond acceptors (Lipinski definition) is 4. The molecule has 0 aliphatic rings. The molecular weight excluding hydrogens is 437 g/mol. The Morgan fingerprint density at radius 1 is 0.818 bits per heavy atom. The third-order valence-electron chi connectivity index (χ3n) is 6.30.